The van der Waals surface area contributed by atoms with Gasteiger partial charge in [0.1, 0.15) is 11.4 Å². The highest BCUT2D eigenvalue weighted by atomic mass is 16.7. The van der Waals surface area contributed by atoms with E-state index in [1.54, 1.807) is 0 Å². The maximum Gasteiger partial charge on any atom is 0.496 e. The topological polar surface area (TPSA) is 76.2 Å². The smallest absolute Gasteiger partial charge is 0.443 e. The number of amides is 1. The first-order valence-corrected chi connectivity index (χ1v) is 11.2. The molecule has 3 aliphatic heterocycles. The Morgan fingerprint density at radius 3 is 2.19 bits per heavy atom. The molecule has 4 rings (SSSR count). The highest BCUT2D eigenvalue weighted by Gasteiger charge is 2.52. The Kier molecular flexibility index (Phi) is 5.51. The second-order valence-corrected chi connectivity index (χ2v) is 10.8. The number of nitrogens with one attached hydrogen (secondary N) is 1. The number of hydrogen-bond acceptors (Lipinski definition) is 7. The van der Waals surface area contributed by atoms with Crippen LogP contribution in [0.2, 0.25) is 0 Å². The van der Waals surface area contributed by atoms with Gasteiger partial charge < -0.3 is 18.9 Å². The van der Waals surface area contributed by atoms with E-state index in [0.29, 0.717) is 12.1 Å². The maximum atomic E-state index is 12.1. The van der Waals surface area contributed by atoms with E-state index in [0.717, 1.165) is 37.2 Å². The zero-order valence-corrected chi connectivity index (χ0v) is 19.8. The molecule has 1 unspecified atom stereocenters. The summed E-state index contributed by atoms with van der Waals surface area (Å²) in [5.41, 5.74) is 2.59. The van der Waals surface area contributed by atoms with Crippen molar-refractivity contribution < 1.29 is 18.8 Å². The molecule has 1 N–H and O–H groups in total. The fraction of sp³-hybridized carbons (Fsp3) is 0.727. The summed E-state index contributed by atoms with van der Waals surface area (Å²) in [7, 11) is -0.404. The van der Waals surface area contributed by atoms with Crippen LogP contribution in [0.15, 0.2) is 18.3 Å². The number of rotatable bonds is 3. The molecule has 2 bridgehead atoms. The van der Waals surface area contributed by atoms with Gasteiger partial charge in [-0.2, -0.15) is 0 Å². The molecule has 0 aromatic carbocycles. The molecule has 1 amide bonds. The molecule has 1 aromatic heterocycles. The third-order valence-electron chi connectivity index (χ3n) is 6.69. The lowest BCUT2D eigenvalue weighted by molar-refractivity contribution is 0.00578. The molecule has 4 heterocycles. The zero-order chi connectivity index (χ0) is 22.6. The maximum absolute atomic E-state index is 12.1. The van der Waals surface area contributed by atoms with Crippen LogP contribution in [0.4, 0.5) is 10.6 Å². The summed E-state index contributed by atoms with van der Waals surface area (Å²) in [5, 5.41) is 1.98. The Labute approximate surface area is 185 Å². The van der Waals surface area contributed by atoms with Crippen molar-refractivity contribution in [2.75, 3.05) is 18.0 Å². The van der Waals surface area contributed by atoms with Gasteiger partial charge >= 0.3 is 13.2 Å². The molecular formula is C22H35BN4O4. The van der Waals surface area contributed by atoms with E-state index in [1.165, 1.54) is 0 Å². The van der Waals surface area contributed by atoms with Gasteiger partial charge in [0.25, 0.3) is 0 Å². The fourth-order valence-corrected chi connectivity index (χ4v) is 4.47. The molecule has 0 radical (unpaired) electrons. The van der Waals surface area contributed by atoms with Gasteiger partial charge in [0.05, 0.1) is 11.2 Å². The van der Waals surface area contributed by atoms with Gasteiger partial charge in [-0.1, -0.05) is 6.07 Å². The third-order valence-corrected chi connectivity index (χ3v) is 6.69. The highest BCUT2D eigenvalue weighted by molar-refractivity contribution is 6.62. The van der Waals surface area contributed by atoms with Gasteiger partial charge in [0, 0.05) is 36.8 Å². The molecular weight excluding hydrogens is 395 g/mol. The number of nitrogens with zero attached hydrogens (tertiary/aromatic N) is 3. The van der Waals surface area contributed by atoms with Gasteiger partial charge in [-0.3, -0.25) is 5.43 Å². The summed E-state index contributed by atoms with van der Waals surface area (Å²) in [5.74, 6) is 0.963. The molecule has 0 aliphatic carbocycles. The Bertz CT molecular complexity index is 794. The molecule has 0 spiro atoms. The third kappa shape index (κ3) is 4.54. The van der Waals surface area contributed by atoms with Crippen LogP contribution < -0.4 is 15.8 Å². The number of aromatic nitrogens is 1. The predicted molar refractivity (Wildman–Crippen MR) is 120 cm³/mol. The van der Waals surface area contributed by atoms with Crippen molar-refractivity contribution in [3.05, 3.63) is 18.3 Å². The normalized spacial score (nSPS) is 27.5. The largest absolute Gasteiger partial charge is 0.496 e. The number of fused-ring (bicyclic) bond motifs is 2. The van der Waals surface area contributed by atoms with E-state index in [-0.39, 0.29) is 11.2 Å². The number of piperazine rings is 1. The van der Waals surface area contributed by atoms with Crippen LogP contribution >= 0.6 is 0 Å². The summed E-state index contributed by atoms with van der Waals surface area (Å²) in [6.07, 6.45) is 3.63. The van der Waals surface area contributed by atoms with E-state index >= 15 is 0 Å². The molecule has 0 saturated carbocycles. The SMILES string of the molecule is CC(C)(C)OC(=O)NN1CC2CC[C@H](C1)N2c1ccc(B2OC(C)(C)C(C)(C)O2)cn1. The molecule has 3 saturated heterocycles. The summed E-state index contributed by atoms with van der Waals surface area (Å²) in [4.78, 5) is 19.3. The summed E-state index contributed by atoms with van der Waals surface area (Å²) >= 11 is 0. The lowest BCUT2D eigenvalue weighted by atomic mass is 9.80. The Morgan fingerprint density at radius 2 is 1.71 bits per heavy atom. The predicted octanol–water partition coefficient (Wildman–Crippen LogP) is 2.47. The first-order chi connectivity index (χ1) is 14.3. The van der Waals surface area contributed by atoms with Crippen LogP contribution in [0.1, 0.15) is 61.3 Å². The highest BCUT2D eigenvalue weighted by Crippen LogP contribution is 2.37. The van der Waals surface area contributed by atoms with E-state index in [1.807, 2.05) is 32.0 Å². The number of anilines is 1. The summed E-state index contributed by atoms with van der Waals surface area (Å²) in [6.45, 7) is 15.3. The minimum Gasteiger partial charge on any atom is -0.443 e. The Balaban J connectivity index is 1.40. The molecule has 2 atom stereocenters. The van der Waals surface area contributed by atoms with Crippen LogP contribution in [-0.2, 0) is 14.0 Å². The number of carbonyl (C=O) groups is 1. The van der Waals surface area contributed by atoms with Gasteiger partial charge in [0.15, 0.2) is 0 Å². The Morgan fingerprint density at radius 1 is 1.13 bits per heavy atom. The van der Waals surface area contributed by atoms with Crippen LogP contribution in [0.3, 0.4) is 0 Å². The average Bonchev–Trinajstić information content (AvgIpc) is 3.02. The molecule has 8 nitrogen and oxygen atoms in total. The lowest BCUT2D eigenvalue weighted by Gasteiger charge is -2.41. The van der Waals surface area contributed by atoms with E-state index in [4.69, 9.17) is 19.0 Å². The van der Waals surface area contributed by atoms with Gasteiger partial charge in [0.2, 0.25) is 0 Å². The minimum absolute atomic E-state index is 0.309. The second-order valence-electron chi connectivity index (χ2n) is 10.8. The van der Waals surface area contributed by atoms with Gasteiger partial charge in [-0.15, -0.1) is 0 Å². The van der Waals surface area contributed by atoms with Gasteiger partial charge in [-0.05, 0) is 67.4 Å². The van der Waals surface area contributed by atoms with Crippen molar-refractivity contribution in [2.45, 2.75) is 90.2 Å². The molecule has 1 aromatic rings. The lowest BCUT2D eigenvalue weighted by Crippen LogP contribution is -2.59. The van der Waals surface area contributed by atoms with Crippen molar-refractivity contribution >= 4 is 24.5 Å². The van der Waals surface area contributed by atoms with Gasteiger partial charge in [-0.25, -0.2) is 14.8 Å². The molecule has 170 valence electrons. The molecule has 3 aliphatic rings. The number of pyridine rings is 1. The quantitative estimate of drug-likeness (QED) is 0.739. The summed E-state index contributed by atoms with van der Waals surface area (Å²) < 4.78 is 17.7. The van der Waals surface area contributed by atoms with E-state index < -0.39 is 18.8 Å². The van der Waals surface area contributed by atoms with Crippen molar-refractivity contribution in [2.24, 2.45) is 0 Å². The molecule has 31 heavy (non-hydrogen) atoms. The first-order valence-electron chi connectivity index (χ1n) is 11.2. The van der Waals surface area contributed by atoms with Crippen LogP contribution in [0.25, 0.3) is 0 Å². The summed E-state index contributed by atoms with van der Waals surface area (Å²) in [6, 6.07) is 4.73. The standard InChI is InChI=1S/C22H35BN4O4/c1-20(2,3)29-19(28)25-26-13-16-9-10-17(14-26)27(16)18-11-8-15(12-24-18)23-30-21(4,5)22(6,7)31-23/h8,11-12,16-17H,9-10,13-14H2,1-7H3,(H,25,28)/t16-,17?/m1/s1. The van der Waals surface area contributed by atoms with E-state index in [2.05, 4.69) is 50.2 Å². The fourth-order valence-electron chi connectivity index (χ4n) is 4.47. The molecule has 3 fully saturated rings. The van der Waals surface area contributed by atoms with Crippen LogP contribution in [-0.4, -0.2) is 65.2 Å². The van der Waals surface area contributed by atoms with Crippen LogP contribution in [0, 0.1) is 0 Å². The minimum atomic E-state index is -0.506. The van der Waals surface area contributed by atoms with E-state index in [9.17, 15) is 4.79 Å². The number of hydrazine groups is 1. The number of ether oxygens (including phenoxy) is 1. The van der Waals surface area contributed by atoms with Crippen molar-refractivity contribution in [1.82, 2.24) is 15.4 Å². The molecule has 9 heteroatoms. The number of carbonyl (C=O) groups excluding carboxylic acids is 1. The average molecular weight is 430 g/mol. The Hall–Kier alpha value is -1.84. The van der Waals surface area contributed by atoms with Crippen molar-refractivity contribution in [1.29, 1.82) is 0 Å². The number of hydrogen-bond donors (Lipinski definition) is 1. The first kappa shape index (κ1) is 22.4. The van der Waals surface area contributed by atoms with Crippen molar-refractivity contribution in [3.8, 4) is 0 Å². The monoisotopic (exact) mass is 430 g/mol. The van der Waals surface area contributed by atoms with Crippen LogP contribution in [0.5, 0.6) is 0 Å². The zero-order valence-electron chi connectivity index (χ0n) is 19.8. The second kappa shape index (κ2) is 7.64. The van der Waals surface area contributed by atoms with Crippen molar-refractivity contribution in [3.63, 3.8) is 0 Å².